The highest BCUT2D eigenvalue weighted by Crippen LogP contribution is 2.33. The van der Waals surface area contributed by atoms with Crippen molar-refractivity contribution in [3.05, 3.63) is 27.4 Å². The summed E-state index contributed by atoms with van der Waals surface area (Å²) in [7, 11) is 0. The largest absolute Gasteiger partial charge is 0.574 e. The fourth-order valence-corrected chi connectivity index (χ4v) is 1.35. The number of carboxylic acids is 1. The van der Waals surface area contributed by atoms with E-state index in [4.69, 9.17) is 5.11 Å². The molecule has 0 bridgehead atoms. The Morgan fingerprint density at radius 3 is 2.58 bits per heavy atom. The third-order valence-corrected chi connectivity index (χ3v) is 1.93. The van der Waals surface area contributed by atoms with Gasteiger partial charge in [-0.2, -0.15) is 0 Å². The summed E-state index contributed by atoms with van der Waals surface area (Å²) in [6.45, 7) is 1.16. The lowest BCUT2D eigenvalue weighted by molar-refractivity contribution is -0.389. The van der Waals surface area contributed by atoms with Gasteiger partial charge in [0.2, 0.25) is 0 Å². The first-order valence-electron chi connectivity index (χ1n) is 4.72. The van der Waals surface area contributed by atoms with Crippen LogP contribution >= 0.6 is 0 Å². The van der Waals surface area contributed by atoms with E-state index in [-0.39, 0.29) is 11.3 Å². The number of hydrogen-bond donors (Lipinski definition) is 1. The molecule has 0 aliphatic heterocycles. The summed E-state index contributed by atoms with van der Waals surface area (Å²) >= 11 is 0. The van der Waals surface area contributed by atoms with Crippen molar-refractivity contribution in [3.8, 4) is 5.88 Å². The number of ether oxygens (including phenoxy) is 1. The number of nitrogens with zero attached hydrogens (tertiary/aromatic N) is 2. The zero-order valence-electron chi connectivity index (χ0n) is 9.39. The van der Waals surface area contributed by atoms with Gasteiger partial charge in [-0.05, 0) is 13.0 Å². The van der Waals surface area contributed by atoms with Crippen molar-refractivity contribution >= 4 is 11.7 Å². The number of pyridine rings is 1. The monoisotopic (exact) mass is 280 g/mol. The standard InChI is InChI=1S/C9H7F3N2O5/c1-4-2-5(3-6(15)16)13-8(7(4)14(17)18)19-9(10,11)12/h2H,3H2,1H3,(H,15,16). The van der Waals surface area contributed by atoms with Crippen molar-refractivity contribution in [1.82, 2.24) is 4.98 Å². The van der Waals surface area contributed by atoms with Gasteiger partial charge in [-0.1, -0.05) is 0 Å². The smallest absolute Gasteiger partial charge is 0.481 e. The van der Waals surface area contributed by atoms with E-state index in [2.05, 4.69) is 9.72 Å². The molecule has 0 atom stereocenters. The average molecular weight is 280 g/mol. The number of nitro groups is 1. The third-order valence-electron chi connectivity index (χ3n) is 1.93. The first kappa shape index (κ1) is 14.7. The van der Waals surface area contributed by atoms with Crippen molar-refractivity contribution in [2.24, 2.45) is 0 Å². The Kier molecular flexibility index (Phi) is 3.92. The minimum absolute atomic E-state index is 0.171. The van der Waals surface area contributed by atoms with Gasteiger partial charge in [-0.3, -0.25) is 14.9 Å². The Labute approximate surface area is 103 Å². The molecule has 0 fully saturated rings. The average Bonchev–Trinajstić information content (AvgIpc) is 2.10. The molecular formula is C9H7F3N2O5. The number of rotatable bonds is 4. The van der Waals surface area contributed by atoms with Crippen LogP contribution in [0.2, 0.25) is 0 Å². The van der Waals surface area contributed by atoms with Crippen molar-refractivity contribution in [3.63, 3.8) is 0 Å². The fourth-order valence-electron chi connectivity index (χ4n) is 1.35. The minimum atomic E-state index is -5.16. The lowest BCUT2D eigenvalue weighted by Crippen LogP contribution is -2.20. The molecule has 104 valence electrons. The number of carboxylic acid groups (broad SMARTS) is 1. The van der Waals surface area contributed by atoms with E-state index >= 15 is 0 Å². The molecule has 0 aliphatic rings. The summed E-state index contributed by atoms with van der Waals surface area (Å²) in [6, 6.07) is 1.02. The molecule has 1 aromatic rings. The van der Waals surface area contributed by atoms with Crippen LogP contribution in [0.5, 0.6) is 5.88 Å². The topological polar surface area (TPSA) is 103 Å². The summed E-state index contributed by atoms with van der Waals surface area (Å²) < 4.78 is 39.8. The third kappa shape index (κ3) is 4.08. The second-order valence-electron chi connectivity index (χ2n) is 3.46. The quantitative estimate of drug-likeness (QED) is 0.666. The highest BCUT2D eigenvalue weighted by Gasteiger charge is 2.36. The van der Waals surface area contributed by atoms with Crippen LogP contribution in [0, 0.1) is 17.0 Å². The predicted molar refractivity (Wildman–Crippen MR) is 53.7 cm³/mol. The molecule has 0 spiro atoms. The Morgan fingerprint density at radius 1 is 1.58 bits per heavy atom. The summed E-state index contributed by atoms with van der Waals surface area (Å²) in [5.74, 6) is -2.60. The van der Waals surface area contributed by atoms with E-state index in [1.54, 1.807) is 0 Å². The van der Waals surface area contributed by atoms with E-state index in [1.807, 2.05) is 0 Å². The molecule has 19 heavy (non-hydrogen) atoms. The lowest BCUT2D eigenvalue weighted by Gasteiger charge is -2.10. The number of halogens is 3. The molecule has 1 rings (SSSR count). The van der Waals surface area contributed by atoms with Crippen LogP contribution in [-0.2, 0) is 11.2 Å². The van der Waals surface area contributed by atoms with Crippen LogP contribution in [0.15, 0.2) is 6.07 Å². The summed E-state index contributed by atoms with van der Waals surface area (Å²) in [6.07, 6.45) is -5.83. The summed E-state index contributed by atoms with van der Waals surface area (Å²) in [5, 5.41) is 19.2. The van der Waals surface area contributed by atoms with Gasteiger partial charge in [0, 0.05) is 5.56 Å². The van der Waals surface area contributed by atoms with E-state index in [9.17, 15) is 28.1 Å². The number of aryl methyl sites for hydroxylation is 1. The zero-order chi connectivity index (χ0) is 14.8. The van der Waals surface area contributed by atoms with Gasteiger partial charge in [-0.25, -0.2) is 4.98 Å². The van der Waals surface area contributed by atoms with Gasteiger partial charge in [0.1, 0.15) is 0 Å². The Hall–Kier alpha value is -2.39. The van der Waals surface area contributed by atoms with Crippen molar-refractivity contribution in [1.29, 1.82) is 0 Å². The minimum Gasteiger partial charge on any atom is -0.481 e. The molecule has 10 heteroatoms. The highest BCUT2D eigenvalue weighted by molar-refractivity contribution is 5.70. The molecule has 0 aromatic carbocycles. The van der Waals surface area contributed by atoms with Crippen molar-refractivity contribution in [2.45, 2.75) is 19.7 Å². The number of hydrogen-bond acceptors (Lipinski definition) is 5. The summed E-state index contributed by atoms with van der Waals surface area (Å²) in [4.78, 5) is 23.3. The molecule has 0 saturated heterocycles. The SMILES string of the molecule is Cc1cc(CC(=O)O)nc(OC(F)(F)F)c1[N+](=O)[O-]. The summed E-state index contributed by atoms with van der Waals surface area (Å²) in [5.41, 5.74) is -1.39. The molecule has 0 unspecified atom stereocenters. The van der Waals surface area contributed by atoms with Gasteiger partial charge in [0.15, 0.2) is 0 Å². The van der Waals surface area contributed by atoms with Crippen LogP contribution in [0.25, 0.3) is 0 Å². The van der Waals surface area contributed by atoms with E-state index in [1.165, 1.54) is 0 Å². The van der Waals surface area contributed by atoms with Crippen molar-refractivity contribution < 1.29 is 32.7 Å². The Morgan fingerprint density at radius 2 is 2.16 bits per heavy atom. The van der Waals surface area contributed by atoms with Crippen LogP contribution in [-0.4, -0.2) is 27.3 Å². The molecule has 1 N–H and O–H groups in total. The molecule has 7 nitrogen and oxygen atoms in total. The number of aromatic nitrogens is 1. The molecular weight excluding hydrogens is 273 g/mol. The van der Waals surface area contributed by atoms with Crippen LogP contribution < -0.4 is 4.74 Å². The fraction of sp³-hybridized carbons (Fsp3) is 0.333. The number of aliphatic carboxylic acids is 1. The number of alkyl halides is 3. The van der Waals surface area contributed by atoms with E-state index < -0.39 is 35.2 Å². The lowest BCUT2D eigenvalue weighted by atomic mass is 10.2. The maximum absolute atomic E-state index is 12.1. The molecule has 0 amide bonds. The van der Waals surface area contributed by atoms with Gasteiger partial charge in [-0.15, -0.1) is 13.2 Å². The maximum atomic E-state index is 12.1. The maximum Gasteiger partial charge on any atom is 0.574 e. The second kappa shape index (κ2) is 5.08. The molecule has 1 heterocycles. The zero-order valence-corrected chi connectivity index (χ0v) is 9.39. The first-order valence-corrected chi connectivity index (χ1v) is 4.72. The molecule has 0 saturated carbocycles. The molecule has 0 radical (unpaired) electrons. The van der Waals surface area contributed by atoms with Crippen LogP contribution in [0.1, 0.15) is 11.3 Å². The predicted octanol–water partition coefficient (Wildman–Crippen LogP) is 1.82. The second-order valence-corrected chi connectivity index (χ2v) is 3.46. The molecule has 0 aliphatic carbocycles. The van der Waals surface area contributed by atoms with Gasteiger partial charge >= 0.3 is 23.9 Å². The molecule has 1 aromatic heterocycles. The Balaban J connectivity index is 3.32. The van der Waals surface area contributed by atoms with Crippen LogP contribution in [0.4, 0.5) is 18.9 Å². The van der Waals surface area contributed by atoms with Gasteiger partial charge in [0.05, 0.1) is 17.0 Å². The first-order chi connectivity index (χ1) is 8.60. The number of carbonyl (C=O) groups is 1. The van der Waals surface area contributed by atoms with E-state index in [0.717, 1.165) is 13.0 Å². The Bertz CT molecular complexity index is 529. The van der Waals surface area contributed by atoms with Gasteiger partial charge in [0.25, 0.3) is 0 Å². The van der Waals surface area contributed by atoms with Crippen LogP contribution in [0.3, 0.4) is 0 Å². The normalized spacial score (nSPS) is 11.2. The van der Waals surface area contributed by atoms with Crippen molar-refractivity contribution in [2.75, 3.05) is 0 Å². The van der Waals surface area contributed by atoms with Gasteiger partial charge < -0.3 is 9.84 Å². The van der Waals surface area contributed by atoms with E-state index in [0.29, 0.717) is 0 Å². The highest BCUT2D eigenvalue weighted by atomic mass is 19.4.